The SMILES string of the molecule is O=C1N/C(=C\n2cnc3ccccc32)c2ccccc21. The third-order valence-corrected chi connectivity index (χ3v) is 3.46. The van der Waals surface area contributed by atoms with Gasteiger partial charge in [0, 0.05) is 17.3 Å². The molecule has 0 radical (unpaired) electrons. The molecule has 4 rings (SSSR count). The first kappa shape index (κ1) is 11.0. The molecule has 96 valence electrons. The van der Waals surface area contributed by atoms with Crippen molar-refractivity contribution in [3.05, 3.63) is 66.0 Å². The Hall–Kier alpha value is -2.88. The van der Waals surface area contributed by atoms with E-state index >= 15 is 0 Å². The van der Waals surface area contributed by atoms with Crippen LogP contribution in [0.5, 0.6) is 0 Å². The number of carbonyl (C=O) groups excluding carboxylic acids is 1. The lowest BCUT2D eigenvalue weighted by atomic mass is 10.1. The summed E-state index contributed by atoms with van der Waals surface area (Å²) in [5.41, 5.74) is 4.38. The molecule has 0 bridgehead atoms. The molecule has 1 aliphatic rings. The summed E-state index contributed by atoms with van der Waals surface area (Å²) in [6.07, 6.45) is 3.66. The molecule has 3 aromatic rings. The van der Waals surface area contributed by atoms with Crippen LogP contribution in [0.4, 0.5) is 0 Å². The maximum absolute atomic E-state index is 11.9. The quantitative estimate of drug-likeness (QED) is 0.732. The van der Waals surface area contributed by atoms with Crippen LogP contribution in [-0.2, 0) is 0 Å². The molecule has 1 aromatic heterocycles. The van der Waals surface area contributed by atoms with E-state index in [1.54, 1.807) is 6.33 Å². The summed E-state index contributed by atoms with van der Waals surface area (Å²) in [6.45, 7) is 0. The van der Waals surface area contributed by atoms with Crippen LogP contribution in [0.2, 0.25) is 0 Å². The standard InChI is InChI=1S/C16H11N3O/c20-16-12-6-2-1-5-11(12)14(18-16)9-19-10-17-13-7-3-4-8-15(13)19/h1-10H,(H,18,20)/b14-9-. The summed E-state index contributed by atoms with van der Waals surface area (Å²) in [7, 11) is 0. The molecule has 4 nitrogen and oxygen atoms in total. The maximum atomic E-state index is 11.9. The van der Waals surface area contributed by atoms with Crippen molar-refractivity contribution < 1.29 is 4.79 Å². The predicted octanol–water partition coefficient (Wildman–Crippen LogP) is 2.74. The van der Waals surface area contributed by atoms with Crippen molar-refractivity contribution in [1.82, 2.24) is 14.9 Å². The van der Waals surface area contributed by atoms with E-state index in [9.17, 15) is 4.79 Å². The number of carbonyl (C=O) groups is 1. The second-order valence-corrected chi connectivity index (χ2v) is 4.68. The minimum absolute atomic E-state index is 0.0590. The number of para-hydroxylation sites is 2. The van der Waals surface area contributed by atoms with Crippen LogP contribution < -0.4 is 5.32 Å². The van der Waals surface area contributed by atoms with Gasteiger partial charge < -0.3 is 9.88 Å². The first-order valence-corrected chi connectivity index (χ1v) is 6.37. The van der Waals surface area contributed by atoms with Crippen LogP contribution in [0.15, 0.2) is 54.9 Å². The Morgan fingerprint density at radius 2 is 1.75 bits per heavy atom. The molecule has 0 unspecified atom stereocenters. The Kier molecular flexibility index (Phi) is 2.23. The summed E-state index contributed by atoms with van der Waals surface area (Å²) in [4.78, 5) is 16.2. The first-order chi connectivity index (χ1) is 9.83. The Morgan fingerprint density at radius 1 is 1.00 bits per heavy atom. The number of imidazole rings is 1. The minimum Gasteiger partial charge on any atom is -0.320 e. The molecule has 1 aliphatic heterocycles. The van der Waals surface area contributed by atoms with E-state index in [0.717, 1.165) is 22.3 Å². The van der Waals surface area contributed by atoms with Crippen molar-refractivity contribution in [2.45, 2.75) is 0 Å². The topological polar surface area (TPSA) is 46.9 Å². The molecule has 0 spiro atoms. The predicted molar refractivity (Wildman–Crippen MR) is 77.8 cm³/mol. The van der Waals surface area contributed by atoms with Gasteiger partial charge in [-0.25, -0.2) is 4.98 Å². The van der Waals surface area contributed by atoms with E-state index < -0.39 is 0 Å². The number of hydrogen-bond donors (Lipinski definition) is 1. The van der Waals surface area contributed by atoms with Gasteiger partial charge >= 0.3 is 0 Å². The Morgan fingerprint density at radius 3 is 2.65 bits per heavy atom. The highest BCUT2D eigenvalue weighted by Gasteiger charge is 2.22. The monoisotopic (exact) mass is 261 g/mol. The van der Waals surface area contributed by atoms with E-state index in [2.05, 4.69) is 10.3 Å². The molecule has 0 fully saturated rings. The molecule has 4 heteroatoms. The zero-order chi connectivity index (χ0) is 13.5. The highest BCUT2D eigenvalue weighted by Crippen LogP contribution is 2.25. The Bertz CT molecular complexity index is 861. The van der Waals surface area contributed by atoms with Crippen molar-refractivity contribution in [3.63, 3.8) is 0 Å². The lowest BCUT2D eigenvalue weighted by molar-refractivity contribution is 0.0981. The van der Waals surface area contributed by atoms with Crippen molar-refractivity contribution in [2.75, 3.05) is 0 Å². The number of aromatic nitrogens is 2. The Balaban J connectivity index is 1.88. The lowest BCUT2D eigenvalue weighted by Crippen LogP contribution is -2.12. The van der Waals surface area contributed by atoms with E-state index in [0.29, 0.717) is 5.56 Å². The van der Waals surface area contributed by atoms with E-state index in [4.69, 9.17) is 0 Å². The molecular weight excluding hydrogens is 250 g/mol. The molecule has 20 heavy (non-hydrogen) atoms. The zero-order valence-electron chi connectivity index (χ0n) is 10.6. The molecule has 1 amide bonds. The van der Waals surface area contributed by atoms with Crippen molar-refractivity contribution in [3.8, 4) is 0 Å². The Labute approximate surface area is 115 Å². The summed E-state index contributed by atoms with van der Waals surface area (Å²) >= 11 is 0. The fraction of sp³-hybridized carbons (Fsp3) is 0. The second-order valence-electron chi connectivity index (χ2n) is 4.68. The fourth-order valence-corrected chi connectivity index (χ4v) is 2.50. The van der Waals surface area contributed by atoms with Gasteiger partial charge in [0.05, 0.1) is 23.1 Å². The molecule has 0 saturated heterocycles. The number of nitrogens with one attached hydrogen (secondary N) is 1. The molecular formula is C16H11N3O. The van der Waals surface area contributed by atoms with Crippen LogP contribution in [-0.4, -0.2) is 15.5 Å². The van der Waals surface area contributed by atoms with Crippen LogP contribution >= 0.6 is 0 Å². The number of rotatable bonds is 1. The van der Waals surface area contributed by atoms with Gasteiger partial charge in [-0.05, 0) is 18.2 Å². The van der Waals surface area contributed by atoms with Gasteiger partial charge in [0.1, 0.15) is 0 Å². The molecule has 2 heterocycles. The number of nitrogens with zero attached hydrogens (tertiary/aromatic N) is 2. The summed E-state index contributed by atoms with van der Waals surface area (Å²) in [5, 5.41) is 2.90. The summed E-state index contributed by atoms with van der Waals surface area (Å²) in [5.74, 6) is -0.0590. The van der Waals surface area contributed by atoms with Crippen molar-refractivity contribution in [2.24, 2.45) is 0 Å². The van der Waals surface area contributed by atoms with Crippen LogP contribution in [0.25, 0.3) is 22.9 Å². The number of benzene rings is 2. The molecule has 0 saturated carbocycles. The van der Waals surface area contributed by atoms with Crippen LogP contribution in [0.3, 0.4) is 0 Å². The molecule has 2 aromatic carbocycles. The summed E-state index contributed by atoms with van der Waals surface area (Å²) in [6, 6.07) is 15.5. The molecule has 0 aliphatic carbocycles. The van der Waals surface area contributed by atoms with Crippen molar-refractivity contribution >= 4 is 28.8 Å². The third-order valence-electron chi connectivity index (χ3n) is 3.46. The normalized spacial score (nSPS) is 15.6. The third kappa shape index (κ3) is 1.55. The van der Waals surface area contributed by atoms with Gasteiger partial charge in [-0.15, -0.1) is 0 Å². The molecule has 1 N–H and O–H groups in total. The second kappa shape index (κ2) is 4.06. The van der Waals surface area contributed by atoms with Gasteiger partial charge in [-0.3, -0.25) is 4.79 Å². The zero-order valence-corrected chi connectivity index (χ0v) is 10.6. The maximum Gasteiger partial charge on any atom is 0.256 e. The van der Waals surface area contributed by atoms with Gasteiger partial charge in [-0.2, -0.15) is 0 Å². The summed E-state index contributed by atoms with van der Waals surface area (Å²) < 4.78 is 1.92. The van der Waals surface area contributed by atoms with E-state index in [-0.39, 0.29) is 5.91 Å². The van der Waals surface area contributed by atoms with E-state index in [1.165, 1.54) is 0 Å². The van der Waals surface area contributed by atoms with Gasteiger partial charge in [-0.1, -0.05) is 30.3 Å². The van der Waals surface area contributed by atoms with Gasteiger partial charge in [0.2, 0.25) is 0 Å². The average molecular weight is 261 g/mol. The smallest absolute Gasteiger partial charge is 0.256 e. The average Bonchev–Trinajstić information content (AvgIpc) is 3.03. The number of hydrogen-bond acceptors (Lipinski definition) is 2. The highest BCUT2D eigenvalue weighted by molar-refractivity contribution is 6.11. The minimum atomic E-state index is -0.0590. The van der Waals surface area contributed by atoms with E-state index in [1.807, 2.05) is 59.3 Å². The lowest BCUT2D eigenvalue weighted by Gasteiger charge is -2.01. The van der Waals surface area contributed by atoms with Crippen molar-refractivity contribution in [1.29, 1.82) is 0 Å². The van der Waals surface area contributed by atoms with Gasteiger partial charge in [0.25, 0.3) is 5.91 Å². The van der Waals surface area contributed by atoms with Crippen LogP contribution in [0, 0.1) is 0 Å². The first-order valence-electron chi connectivity index (χ1n) is 6.37. The molecule has 0 atom stereocenters. The largest absolute Gasteiger partial charge is 0.320 e. The number of amides is 1. The fourth-order valence-electron chi connectivity index (χ4n) is 2.50. The highest BCUT2D eigenvalue weighted by atomic mass is 16.1. The van der Waals surface area contributed by atoms with Crippen LogP contribution in [0.1, 0.15) is 15.9 Å². The van der Waals surface area contributed by atoms with Gasteiger partial charge in [0.15, 0.2) is 0 Å². The number of fused-ring (bicyclic) bond motifs is 2.